The van der Waals surface area contributed by atoms with Gasteiger partial charge in [0.25, 0.3) is 5.88 Å². The maximum atomic E-state index is 9.31. The maximum absolute atomic E-state index is 9.31. The zero-order valence-corrected chi connectivity index (χ0v) is 16.2. The van der Waals surface area contributed by atoms with Crippen molar-refractivity contribution in [2.24, 2.45) is 0 Å². The molecule has 1 N–H and O–H groups in total. The predicted octanol–water partition coefficient (Wildman–Crippen LogP) is 4.90. The van der Waals surface area contributed by atoms with Gasteiger partial charge in [0.1, 0.15) is 5.75 Å². The summed E-state index contributed by atoms with van der Waals surface area (Å²) in [5, 5.41) is 12.8. The van der Waals surface area contributed by atoms with E-state index < -0.39 is 0 Å². The molecule has 1 atom stereocenters. The Hall–Kier alpha value is -2.95. The lowest BCUT2D eigenvalue weighted by Crippen LogP contribution is -2.30. The molecule has 0 amide bonds. The van der Waals surface area contributed by atoms with Crippen LogP contribution >= 0.6 is 0 Å². The van der Waals surface area contributed by atoms with Crippen LogP contribution in [0, 0.1) is 0 Å². The van der Waals surface area contributed by atoms with Crippen LogP contribution in [0.15, 0.2) is 59.1 Å². The minimum atomic E-state index is -0.104. The van der Waals surface area contributed by atoms with Crippen LogP contribution in [0.4, 0.5) is 5.69 Å². The smallest absolute Gasteiger partial charge is 0.252 e. The van der Waals surface area contributed by atoms with Gasteiger partial charge in [0.15, 0.2) is 5.76 Å². The van der Waals surface area contributed by atoms with Gasteiger partial charge < -0.3 is 19.3 Å². The molecular formula is C22H26N2O3. The standard InChI is InChI=1S/C22H26N2O3/c1-15(2)26-20-7-5-6-19(13-20)24(4)16(3)12-17-8-10-18(11-9-17)21-14-22(25)23-27-21/h5-11,13-16H,12H2,1-4H3,(H,23,25). The zero-order valence-electron chi connectivity index (χ0n) is 16.2. The van der Waals surface area contributed by atoms with Crippen molar-refractivity contribution in [2.75, 3.05) is 11.9 Å². The van der Waals surface area contributed by atoms with Crippen LogP contribution in [-0.4, -0.2) is 29.5 Å². The number of anilines is 1. The lowest BCUT2D eigenvalue weighted by atomic mass is 10.0. The molecule has 27 heavy (non-hydrogen) atoms. The summed E-state index contributed by atoms with van der Waals surface area (Å²) in [4.78, 5) is 2.26. The zero-order chi connectivity index (χ0) is 19.4. The summed E-state index contributed by atoms with van der Waals surface area (Å²) < 4.78 is 10.9. The van der Waals surface area contributed by atoms with E-state index in [1.165, 1.54) is 11.6 Å². The van der Waals surface area contributed by atoms with Crippen LogP contribution in [0.3, 0.4) is 0 Å². The second-order valence-electron chi connectivity index (χ2n) is 7.07. The molecule has 0 aliphatic heterocycles. The third-order valence-electron chi connectivity index (χ3n) is 4.53. The monoisotopic (exact) mass is 366 g/mol. The Morgan fingerprint density at radius 1 is 1.07 bits per heavy atom. The fraction of sp³-hybridized carbons (Fsp3) is 0.318. The van der Waals surface area contributed by atoms with Gasteiger partial charge in [-0.15, -0.1) is 0 Å². The first-order chi connectivity index (χ1) is 12.9. The lowest BCUT2D eigenvalue weighted by molar-refractivity contribution is 0.242. The predicted molar refractivity (Wildman–Crippen MR) is 107 cm³/mol. The van der Waals surface area contributed by atoms with Gasteiger partial charge in [-0.1, -0.05) is 30.3 Å². The molecular weight excluding hydrogens is 340 g/mol. The highest BCUT2D eigenvalue weighted by Gasteiger charge is 2.13. The van der Waals surface area contributed by atoms with Crippen molar-refractivity contribution in [3.63, 3.8) is 0 Å². The fourth-order valence-electron chi connectivity index (χ4n) is 2.99. The Bertz CT molecular complexity index is 871. The Morgan fingerprint density at radius 3 is 2.44 bits per heavy atom. The van der Waals surface area contributed by atoms with Crippen molar-refractivity contribution < 1.29 is 14.4 Å². The summed E-state index contributed by atoms with van der Waals surface area (Å²) in [7, 11) is 2.10. The molecule has 0 saturated carbocycles. The first-order valence-electron chi connectivity index (χ1n) is 9.17. The van der Waals surface area contributed by atoms with E-state index >= 15 is 0 Å². The van der Waals surface area contributed by atoms with Crippen LogP contribution in [0.25, 0.3) is 11.3 Å². The molecule has 2 aromatic carbocycles. The largest absolute Gasteiger partial charge is 0.491 e. The number of ether oxygens (including phenoxy) is 1. The minimum Gasteiger partial charge on any atom is -0.491 e. The van der Waals surface area contributed by atoms with Crippen LogP contribution < -0.4 is 9.64 Å². The number of aromatic hydroxyl groups is 1. The van der Waals surface area contributed by atoms with Crippen molar-refractivity contribution in [2.45, 2.75) is 39.3 Å². The first-order valence-corrected chi connectivity index (χ1v) is 9.17. The third-order valence-corrected chi connectivity index (χ3v) is 4.53. The molecule has 3 aromatic rings. The maximum Gasteiger partial charge on any atom is 0.252 e. The van der Waals surface area contributed by atoms with Crippen LogP contribution in [0.1, 0.15) is 26.3 Å². The number of nitrogens with zero attached hydrogens (tertiary/aromatic N) is 2. The Balaban J connectivity index is 1.66. The highest BCUT2D eigenvalue weighted by atomic mass is 16.5. The normalized spacial score (nSPS) is 12.2. The molecule has 1 heterocycles. The van der Waals surface area contributed by atoms with Gasteiger partial charge in [-0.25, -0.2) is 0 Å². The summed E-state index contributed by atoms with van der Waals surface area (Å²) in [6.45, 7) is 6.27. The quantitative estimate of drug-likeness (QED) is 0.644. The molecule has 3 rings (SSSR count). The molecule has 5 heteroatoms. The van der Waals surface area contributed by atoms with Crippen LogP contribution in [0.2, 0.25) is 0 Å². The average Bonchev–Trinajstić information content (AvgIpc) is 3.07. The Kier molecular flexibility index (Phi) is 5.69. The van der Waals surface area contributed by atoms with E-state index in [-0.39, 0.29) is 12.0 Å². The molecule has 0 radical (unpaired) electrons. The van der Waals surface area contributed by atoms with E-state index in [1.807, 2.05) is 38.1 Å². The highest BCUT2D eigenvalue weighted by molar-refractivity contribution is 5.58. The topological polar surface area (TPSA) is 58.7 Å². The van der Waals surface area contributed by atoms with Crippen molar-refractivity contribution in [1.29, 1.82) is 0 Å². The van der Waals surface area contributed by atoms with Gasteiger partial charge in [-0.05, 0) is 50.0 Å². The molecule has 5 nitrogen and oxygen atoms in total. The number of hydrogen-bond acceptors (Lipinski definition) is 5. The van der Waals surface area contributed by atoms with Gasteiger partial charge >= 0.3 is 0 Å². The number of rotatable bonds is 7. The van der Waals surface area contributed by atoms with Crippen molar-refractivity contribution >= 4 is 5.69 Å². The molecule has 0 aliphatic carbocycles. The molecule has 1 aromatic heterocycles. The molecule has 0 fully saturated rings. The first kappa shape index (κ1) is 18.8. The molecule has 0 bridgehead atoms. The molecule has 0 spiro atoms. The number of hydrogen-bond donors (Lipinski definition) is 1. The summed E-state index contributed by atoms with van der Waals surface area (Å²) >= 11 is 0. The van der Waals surface area contributed by atoms with Crippen LogP contribution in [0.5, 0.6) is 11.6 Å². The van der Waals surface area contributed by atoms with E-state index in [0.717, 1.165) is 23.4 Å². The molecule has 0 saturated heterocycles. The van der Waals surface area contributed by atoms with E-state index in [0.29, 0.717) is 11.8 Å². The fourth-order valence-corrected chi connectivity index (χ4v) is 2.99. The van der Waals surface area contributed by atoms with Crippen molar-refractivity contribution in [3.8, 4) is 23.0 Å². The van der Waals surface area contributed by atoms with E-state index in [2.05, 4.69) is 48.3 Å². The van der Waals surface area contributed by atoms with Crippen molar-refractivity contribution in [3.05, 3.63) is 60.2 Å². The van der Waals surface area contributed by atoms with Gasteiger partial charge in [0.2, 0.25) is 0 Å². The molecule has 142 valence electrons. The van der Waals surface area contributed by atoms with Gasteiger partial charge in [0, 0.05) is 36.5 Å². The Morgan fingerprint density at radius 2 is 1.81 bits per heavy atom. The van der Waals surface area contributed by atoms with Crippen LogP contribution in [-0.2, 0) is 6.42 Å². The lowest BCUT2D eigenvalue weighted by Gasteiger charge is -2.27. The number of likely N-dealkylation sites (N-methyl/N-ethyl adjacent to an activating group) is 1. The summed E-state index contributed by atoms with van der Waals surface area (Å²) in [6, 6.07) is 18.2. The SMILES string of the molecule is CC(C)Oc1cccc(N(C)C(C)Cc2ccc(-c3cc(O)no3)cc2)c1. The van der Waals surface area contributed by atoms with Gasteiger partial charge in [-0.3, -0.25) is 0 Å². The number of aromatic nitrogens is 1. The summed E-state index contributed by atoms with van der Waals surface area (Å²) in [5.41, 5.74) is 3.26. The third kappa shape index (κ3) is 4.82. The number of benzene rings is 2. The Labute approximate surface area is 160 Å². The molecule has 0 aliphatic rings. The van der Waals surface area contributed by atoms with E-state index in [9.17, 15) is 5.11 Å². The average molecular weight is 366 g/mol. The second kappa shape index (κ2) is 8.16. The summed E-state index contributed by atoms with van der Waals surface area (Å²) in [6.07, 6.45) is 1.07. The van der Waals surface area contributed by atoms with Crippen molar-refractivity contribution in [1.82, 2.24) is 5.16 Å². The van der Waals surface area contributed by atoms with Gasteiger partial charge in [0.05, 0.1) is 6.10 Å². The highest BCUT2D eigenvalue weighted by Crippen LogP contribution is 2.25. The van der Waals surface area contributed by atoms with Gasteiger partial charge in [-0.2, -0.15) is 0 Å². The second-order valence-corrected chi connectivity index (χ2v) is 7.07. The van der Waals surface area contributed by atoms with E-state index in [1.54, 1.807) is 0 Å². The minimum absolute atomic E-state index is 0.104. The van der Waals surface area contributed by atoms with E-state index in [4.69, 9.17) is 9.26 Å². The molecule has 1 unspecified atom stereocenters. The summed E-state index contributed by atoms with van der Waals surface area (Å²) in [5.74, 6) is 1.35.